The van der Waals surface area contributed by atoms with Gasteiger partial charge >= 0.3 is 0 Å². The lowest BCUT2D eigenvalue weighted by Crippen LogP contribution is -2.36. The van der Waals surface area contributed by atoms with Gasteiger partial charge in [0, 0.05) is 26.2 Å². The molecule has 1 heterocycles. The van der Waals surface area contributed by atoms with Gasteiger partial charge in [-0.05, 0) is 44.1 Å². The molecular formula is C19H31N3O4S. The van der Waals surface area contributed by atoms with Gasteiger partial charge in [-0.1, -0.05) is 20.3 Å². The van der Waals surface area contributed by atoms with Gasteiger partial charge in [-0.15, -0.1) is 0 Å². The van der Waals surface area contributed by atoms with Crippen molar-refractivity contribution in [2.75, 3.05) is 46.4 Å². The van der Waals surface area contributed by atoms with Crippen LogP contribution >= 0.6 is 0 Å². The van der Waals surface area contributed by atoms with Crippen LogP contribution in [0.25, 0.3) is 0 Å². The number of rotatable bonds is 9. The number of piperidine rings is 1. The fourth-order valence-corrected chi connectivity index (χ4v) is 4.79. The number of carbonyl (C=O) groups excluding carboxylic acids is 1. The molecule has 0 saturated carbocycles. The maximum Gasteiger partial charge on any atom is 0.255 e. The van der Waals surface area contributed by atoms with Crippen LogP contribution in [-0.4, -0.2) is 69.9 Å². The van der Waals surface area contributed by atoms with E-state index < -0.39 is 10.0 Å². The number of amides is 1. The van der Waals surface area contributed by atoms with Crippen LogP contribution < -0.4 is 10.1 Å². The number of sulfonamides is 1. The normalized spacial score (nSPS) is 15.7. The van der Waals surface area contributed by atoms with Crippen molar-refractivity contribution in [3.8, 4) is 5.75 Å². The van der Waals surface area contributed by atoms with Crippen molar-refractivity contribution in [2.45, 2.75) is 38.0 Å². The van der Waals surface area contributed by atoms with Gasteiger partial charge in [0.15, 0.2) is 0 Å². The zero-order chi connectivity index (χ0) is 19.9. The maximum atomic E-state index is 12.9. The van der Waals surface area contributed by atoms with Gasteiger partial charge in [0.05, 0.1) is 17.6 Å². The summed E-state index contributed by atoms with van der Waals surface area (Å²) in [5.41, 5.74) is 0.245. The molecule has 0 unspecified atom stereocenters. The first-order valence-corrected chi connectivity index (χ1v) is 11.1. The standard InChI is InChI=1S/C19H31N3O4S/c1-4-21(5-2)14-11-20-19(23)17-15-16(9-10-18(17)26-3)27(24,25)22-12-7-6-8-13-22/h9-10,15H,4-8,11-14H2,1-3H3,(H,20,23). The van der Waals surface area contributed by atoms with Crippen molar-refractivity contribution in [3.63, 3.8) is 0 Å². The lowest BCUT2D eigenvalue weighted by atomic mass is 10.2. The summed E-state index contributed by atoms with van der Waals surface area (Å²) in [7, 11) is -2.12. The van der Waals surface area contributed by atoms with E-state index in [1.165, 1.54) is 23.5 Å². The van der Waals surface area contributed by atoms with Crippen molar-refractivity contribution < 1.29 is 17.9 Å². The number of nitrogens with zero attached hydrogens (tertiary/aromatic N) is 2. The number of hydrogen-bond acceptors (Lipinski definition) is 5. The molecule has 1 aliphatic heterocycles. The summed E-state index contributed by atoms with van der Waals surface area (Å²) >= 11 is 0. The molecule has 0 atom stereocenters. The monoisotopic (exact) mass is 397 g/mol. The van der Waals surface area contributed by atoms with Crippen LogP contribution in [0.3, 0.4) is 0 Å². The Labute approximate surface area is 162 Å². The lowest BCUT2D eigenvalue weighted by Gasteiger charge is -2.26. The molecule has 1 saturated heterocycles. The van der Waals surface area contributed by atoms with Crippen molar-refractivity contribution in [2.24, 2.45) is 0 Å². The molecule has 1 aromatic rings. The molecule has 1 fully saturated rings. The number of nitrogens with one attached hydrogen (secondary N) is 1. The molecule has 0 spiro atoms. The molecule has 2 rings (SSSR count). The minimum atomic E-state index is -3.60. The first kappa shape index (κ1) is 21.7. The molecular weight excluding hydrogens is 366 g/mol. The SMILES string of the molecule is CCN(CC)CCNC(=O)c1cc(S(=O)(=O)N2CCCCC2)ccc1OC. The van der Waals surface area contributed by atoms with E-state index in [4.69, 9.17) is 4.74 Å². The molecule has 1 amide bonds. The molecule has 0 radical (unpaired) electrons. The van der Waals surface area contributed by atoms with Gasteiger partial charge in [-0.3, -0.25) is 4.79 Å². The largest absolute Gasteiger partial charge is 0.496 e. The fraction of sp³-hybridized carbons (Fsp3) is 0.632. The van der Waals surface area contributed by atoms with Gasteiger partial charge in [0.1, 0.15) is 5.75 Å². The molecule has 27 heavy (non-hydrogen) atoms. The molecule has 0 aliphatic carbocycles. The molecule has 152 valence electrons. The highest BCUT2D eigenvalue weighted by Gasteiger charge is 2.27. The number of benzene rings is 1. The molecule has 0 bridgehead atoms. The summed E-state index contributed by atoms with van der Waals surface area (Å²) in [6.07, 6.45) is 2.79. The Morgan fingerprint density at radius 3 is 2.44 bits per heavy atom. The zero-order valence-electron chi connectivity index (χ0n) is 16.5. The van der Waals surface area contributed by atoms with Crippen LogP contribution in [0.5, 0.6) is 5.75 Å². The highest BCUT2D eigenvalue weighted by atomic mass is 32.2. The zero-order valence-corrected chi connectivity index (χ0v) is 17.3. The van der Waals surface area contributed by atoms with Crippen LogP contribution in [0.15, 0.2) is 23.1 Å². The van der Waals surface area contributed by atoms with Crippen LogP contribution in [0.2, 0.25) is 0 Å². The fourth-order valence-electron chi connectivity index (χ4n) is 3.24. The van der Waals surface area contributed by atoms with Crippen molar-refractivity contribution >= 4 is 15.9 Å². The Hall–Kier alpha value is -1.64. The number of ether oxygens (including phenoxy) is 1. The van der Waals surface area contributed by atoms with E-state index in [-0.39, 0.29) is 16.4 Å². The number of hydrogen-bond donors (Lipinski definition) is 1. The van der Waals surface area contributed by atoms with Crippen LogP contribution in [0, 0.1) is 0 Å². The van der Waals surface area contributed by atoms with Crippen LogP contribution in [0.4, 0.5) is 0 Å². The van der Waals surface area contributed by atoms with Crippen molar-refractivity contribution in [3.05, 3.63) is 23.8 Å². The van der Waals surface area contributed by atoms with Gasteiger partial charge in [0.25, 0.3) is 5.91 Å². The summed E-state index contributed by atoms with van der Waals surface area (Å²) in [6.45, 7) is 8.27. The highest BCUT2D eigenvalue weighted by molar-refractivity contribution is 7.89. The second kappa shape index (κ2) is 10.1. The van der Waals surface area contributed by atoms with Crippen molar-refractivity contribution in [1.82, 2.24) is 14.5 Å². The third-order valence-corrected chi connectivity index (χ3v) is 6.87. The van der Waals surface area contributed by atoms with E-state index in [9.17, 15) is 13.2 Å². The molecule has 1 N–H and O–H groups in total. The second-order valence-corrected chi connectivity index (χ2v) is 8.55. The summed E-state index contributed by atoms with van der Waals surface area (Å²) in [6, 6.07) is 4.49. The predicted octanol–water partition coefficient (Wildman–Crippen LogP) is 1.94. The highest BCUT2D eigenvalue weighted by Crippen LogP contribution is 2.26. The number of likely N-dealkylation sites (N-methyl/N-ethyl adjacent to an activating group) is 1. The predicted molar refractivity (Wildman–Crippen MR) is 106 cm³/mol. The average Bonchev–Trinajstić information content (AvgIpc) is 2.71. The summed E-state index contributed by atoms with van der Waals surface area (Å²) in [5, 5.41) is 2.86. The van der Waals surface area contributed by atoms with E-state index >= 15 is 0 Å². The van der Waals surface area contributed by atoms with E-state index in [0.717, 1.165) is 38.9 Å². The minimum Gasteiger partial charge on any atom is -0.496 e. The van der Waals surface area contributed by atoms with E-state index in [1.54, 1.807) is 6.07 Å². The number of methoxy groups -OCH3 is 1. The van der Waals surface area contributed by atoms with Gasteiger partial charge < -0.3 is 15.0 Å². The lowest BCUT2D eigenvalue weighted by molar-refractivity contribution is 0.0945. The second-order valence-electron chi connectivity index (χ2n) is 6.61. The van der Waals surface area contributed by atoms with Gasteiger partial charge in [0.2, 0.25) is 10.0 Å². The molecule has 7 nitrogen and oxygen atoms in total. The summed E-state index contributed by atoms with van der Waals surface area (Å²) < 4.78 is 32.5. The number of carbonyl (C=O) groups is 1. The van der Waals surface area contributed by atoms with E-state index in [1.807, 2.05) is 0 Å². The minimum absolute atomic E-state index is 0.138. The van der Waals surface area contributed by atoms with Crippen LogP contribution in [0.1, 0.15) is 43.5 Å². The first-order valence-electron chi connectivity index (χ1n) is 9.62. The Morgan fingerprint density at radius 2 is 1.85 bits per heavy atom. The van der Waals surface area contributed by atoms with E-state index in [0.29, 0.717) is 25.4 Å². The van der Waals surface area contributed by atoms with E-state index in [2.05, 4.69) is 24.1 Å². The van der Waals surface area contributed by atoms with Gasteiger partial charge in [-0.25, -0.2) is 8.42 Å². The third-order valence-electron chi connectivity index (χ3n) is 4.98. The first-order chi connectivity index (χ1) is 12.9. The smallest absolute Gasteiger partial charge is 0.255 e. The van der Waals surface area contributed by atoms with Crippen LogP contribution in [-0.2, 0) is 10.0 Å². The Morgan fingerprint density at radius 1 is 1.19 bits per heavy atom. The summed E-state index contributed by atoms with van der Waals surface area (Å²) in [4.78, 5) is 15.0. The topological polar surface area (TPSA) is 79.0 Å². The Bertz CT molecular complexity index is 726. The third kappa shape index (κ3) is 5.43. The Kier molecular flexibility index (Phi) is 8.07. The Balaban J connectivity index is 2.17. The molecule has 0 aromatic heterocycles. The molecule has 1 aliphatic rings. The average molecular weight is 398 g/mol. The molecule has 8 heteroatoms. The molecule has 1 aromatic carbocycles. The quantitative estimate of drug-likeness (QED) is 0.689. The van der Waals surface area contributed by atoms with Crippen molar-refractivity contribution in [1.29, 1.82) is 0 Å². The maximum absolute atomic E-state index is 12.9. The summed E-state index contributed by atoms with van der Waals surface area (Å²) in [5.74, 6) is 0.0441. The van der Waals surface area contributed by atoms with Gasteiger partial charge in [-0.2, -0.15) is 4.31 Å².